The molecule has 1 aromatic carbocycles. The fourth-order valence-electron chi connectivity index (χ4n) is 2.42. The summed E-state index contributed by atoms with van der Waals surface area (Å²) in [5.74, 6) is 0.348. The molecular weight excluding hydrogens is 281 g/mol. The number of hydrogen-bond acceptors (Lipinski definition) is 4. The van der Waals surface area contributed by atoms with Gasteiger partial charge in [-0.2, -0.15) is 0 Å². The van der Waals surface area contributed by atoms with Crippen molar-refractivity contribution in [2.75, 3.05) is 19.0 Å². The van der Waals surface area contributed by atoms with Crippen molar-refractivity contribution in [3.05, 3.63) is 52.2 Å². The summed E-state index contributed by atoms with van der Waals surface area (Å²) in [5, 5.41) is 3.20. The van der Waals surface area contributed by atoms with E-state index in [4.69, 9.17) is 16.3 Å². The van der Waals surface area contributed by atoms with Gasteiger partial charge in [-0.1, -0.05) is 12.1 Å². The van der Waals surface area contributed by atoms with E-state index >= 15 is 0 Å². The van der Waals surface area contributed by atoms with E-state index in [-0.39, 0.29) is 17.0 Å². The quantitative estimate of drug-likeness (QED) is 0.865. The highest BCUT2D eigenvalue weighted by Gasteiger charge is 2.27. The van der Waals surface area contributed by atoms with Crippen LogP contribution in [0.25, 0.3) is 0 Å². The van der Waals surface area contributed by atoms with Gasteiger partial charge in [0.15, 0.2) is 0 Å². The molecule has 1 atom stereocenters. The van der Waals surface area contributed by atoms with E-state index in [0.717, 1.165) is 16.8 Å². The molecule has 20 heavy (non-hydrogen) atoms. The average Bonchev–Trinajstić information content (AvgIpc) is 2.46. The maximum atomic E-state index is 13.0. The third kappa shape index (κ3) is 2.34. The van der Waals surface area contributed by atoms with Crippen molar-refractivity contribution < 1.29 is 9.13 Å². The van der Waals surface area contributed by atoms with E-state index < -0.39 is 0 Å². The van der Waals surface area contributed by atoms with E-state index in [1.165, 1.54) is 12.1 Å². The molecule has 0 radical (unpaired) electrons. The number of nitrogens with one attached hydrogen (secondary N) is 1. The van der Waals surface area contributed by atoms with Gasteiger partial charge in [0.25, 0.3) is 0 Å². The molecule has 0 fully saturated rings. The summed E-state index contributed by atoms with van der Waals surface area (Å²) in [5.41, 5.74) is 2.69. The van der Waals surface area contributed by atoms with Crippen molar-refractivity contribution in [3.8, 4) is 0 Å². The Labute approximate surface area is 121 Å². The number of fused-ring (bicyclic) bond motifs is 1. The lowest BCUT2D eigenvalue weighted by atomic mass is 9.91. The predicted molar refractivity (Wildman–Crippen MR) is 74.5 cm³/mol. The Bertz CT molecular complexity index is 633. The van der Waals surface area contributed by atoms with Crippen LogP contribution in [-0.2, 0) is 11.3 Å². The monoisotopic (exact) mass is 293 g/mol. The smallest absolute Gasteiger partial charge is 0.224 e. The van der Waals surface area contributed by atoms with Crippen LogP contribution in [0.1, 0.15) is 22.7 Å². The topological polar surface area (TPSA) is 47.0 Å². The van der Waals surface area contributed by atoms with Crippen LogP contribution in [-0.4, -0.2) is 23.6 Å². The molecule has 4 nitrogen and oxygen atoms in total. The molecule has 0 saturated carbocycles. The first-order valence-corrected chi connectivity index (χ1v) is 6.64. The largest absolute Gasteiger partial charge is 0.376 e. The molecule has 0 spiro atoms. The molecule has 1 unspecified atom stereocenters. The summed E-state index contributed by atoms with van der Waals surface area (Å²) >= 11 is 5.98. The van der Waals surface area contributed by atoms with Crippen molar-refractivity contribution >= 4 is 17.4 Å². The van der Waals surface area contributed by atoms with Crippen LogP contribution >= 0.6 is 11.6 Å². The van der Waals surface area contributed by atoms with E-state index in [0.29, 0.717) is 19.0 Å². The van der Waals surface area contributed by atoms with Crippen molar-refractivity contribution in [3.63, 3.8) is 0 Å². The van der Waals surface area contributed by atoms with Crippen LogP contribution in [0.15, 0.2) is 24.3 Å². The number of anilines is 1. The Hall–Kier alpha value is -1.72. The number of aromatic nitrogens is 2. The van der Waals surface area contributed by atoms with Gasteiger partial charge in [0.2, 0.25) is 5.28 Å². The number of hydrogen-bond donors (Lipinski definition) is 1. The SMILES string of the molecule is CNc1nc(Cl)nc2c1COCC2c1ccc(F)cc1. The highest BCUT2D eigenvalue weighted by Crippen LogP contribution is 2.34. The van der Waals surface area contributed by atoms with Crippen LogP contribution in [0.5, 0.6) is 0 Å². The molecule has 0 saturated heterocycles. The van der Waals surface area contributed by atoms with Gasteiger partial charge in [-0.05, 0) is 29.3 Å². The van der Waals surface area contributed by atoms with Crippen molar-refractivity contribution in [2.24, 2.45) is 0 Å². The number of benzene rings is 1. The van der Waals surface area contributed by atoms with Crippen LogP contribution in [0, 0.1) is 5.82 Å². The molecule has 2 aromatic rings. The lowest BCUT2D eigenvalue weighted by Crippen LogP contribution is -2.21. The van der Waals surface area contributed by atoms with Gasteiger partial charge < -0.3 is 10.1 Å². The van der Waals surface area contributed by atoms with Gasteiger partial charge in [-0.25, -0.2) is 14.4 Å². The Morgan fingerprint density at radius 3 is 2.75 bits per heavy atom. The Morgan fingerprint density at radius 2 is 2.05 bits per heavy atom. The van der Waals surface area contributed by atoms with Crippen LogP contribution in [0.3, 0.4) is 0 Å². The molecule has 6 heteroatoms. The molecular formula is C14H13ClFN3O. The zero-order chi connectivity index (χ0) is 14.1. The molecule has 0 aliphatic carbocycles. The van der Waals surface area contributed by atoms with Crippen molar-refractivity contribution in [2.45, 2.75) is 12.5 Å². The fourth-order valence-corrected chi connectivity index (χ4v) is 2.59. The molecule has 1 aromatic heterocycles. The summed E-state index contributed by atoms with van der Waals surface area (Å²) in [6.45, 7) is 0.940. The molecule has 104 valence electrons. The molecule has 0 amide bonds. The molecule has 1 aliphatic heterocycles. The number of ether oxygens (including phenoxy) is 1. The van der Waals surface area contributed by atoms with E-state index in [2.05, 4.69) is 15.3 Å². The van der Waals surface area contributed by atoms with E-state index in [9.17, 15) is 4.39 Å². The van der Waals surface area contributed by atoms with Gasteiger partial charge in [-0.3, -0.25) is 0 Å². The van der Waals surface area contributed by atoms with Gasteiger partial charge in [0, 0.05) is 12.6 Å². The molecule has 0 bridgehead atoms. The number of halogens is 2. The van der Waals surface area contributed by atoms with Crippen molar-refractivity contribution in [1.29, 1.82) is 0 Å². The van der Waals surface area contributed by atoms with Gasteiger partial charge >= 0.3 is 0 Å². The summed E-state index contributed by atoms with van der Waals surface area (Å²) < 4.78 is 18.7. The second-order valence-corrected chi connectivity index (χ2v) is 4.91. The van der Waals surface area contributed by atoms with E-state index in [1.807, 2.05) is 0 Å². The highest BCUT2D eigenvalue weighted by molar-refractivity contribution is 6.28. The first-order chi connectivity index (χ1) is 9.69. The molecule has 3 rings (SSSR count). The molecule has 1 aliphatic rings. The van der Waals surface area contributed by atoms with Crippen molar-refractivity contribution in [1.82, 2.24) is 9.97 Å². The van der Waals surface area contributed by atoms with Crippen LogP contribution < -0.4 is 5.32 Å². The average molecular weight is 294 g/mol. The summed E-state index contributed by atoms with van der Waals surface area (Å²) in [7, 11) is 1.78. The first kappa shape index (κ1) is 13.3. The zero-order valence-electron chi connectivity index (χ0n) is 10.9. The number of rotatable bonds is 2. The standard InChI is InChI=1S/C14H13ClFN3O/c1-17-13-11-7-20-6-10(12(11)18-14(15)19-13)8-2-4-9(16)5-3-8/h2-5,10H,6-7H2,1H3,(H,17,18,19). The lowest BCUT2D eigenvalue weighted by Gasteiger charge is -2.26. The van der Waals surface area contributed by atoms with Gasteiger partial charge in [0.1, 0.15) is 11.6 Å². The summed E-state index contributed by atoms with van der Waals surface area (Å²) in [4.78, 5) is 8.49. The zero-order valence-corrected chi connectivity index (χ0v) is 11.6. The van der Waals surface area contributed by atoms with Gasteiger partial charge in [0.05, 0.1) is 24.8 Å². The van der Waals surface area contributed by atoms with Crippen LogP contribution in [0.4, 0.5) is 10.2 Å². The van der Waals surface area contributed by atoms with Gasteiger partial charge in [-0.15, -0.1) is 0 Å². The normalized spacial score (nSPS) is 17.6. The Kier molecular flexibility index (Phi) is 3.54. The predicted octanol–water partition coefficient (Wildman–Crippen LogP) is 2.97. The maximum absolute atomic E-state index is 13.0. The molecule has 1 N–H and O–H groups in total. The minimum absolute atomic E-state index is 0.0630. The summed E-state index contributed by atoms with van der Waals surface area (Å²) in [6.07, 6.45) is 0. The summed E-state index contributed by atoms with van der Waals surface area (Å²) in [6, 6.07) is 6.36. The minimum Gasteiger partial charge on any atom is -0.376 e. The minimum atomic E-state index is -0.262. The fraction of sp³-hybridized carbons (Fsp3) is 0.286. The first-order valence-electron chi connectivity index (χ1n) is 6.26. The third-order valence-electron chi connectivity index (χ3n) is 3.38. The van der Waals surface area contributed by atoms with Crippen LogP contribution in [0.2, 0.25) is 5.28 Å². The Balaban J connectivity index is 2.09. The second-order valence-electron chi connectivity index (χ2n) is 4.57. The Morgan fingerprint density at radius 1 is 1.30 bits per heavy atom. The lowest BCUT2D eigenvalue weighted by molar-refractivity contribution is 0.0978. The highest BCUT2D eigenvalue weighted by atomic mass is 35.5. The number of nitrogens with zero attached hydrogens (tertiary/aromatic N) is 2. The third-order valence-corrected chi connectivity index (χ3v) is 3.55. The second kappa shape index (κ2) is 5.34. The van der Waals surface area contributed by atoms with E-state index in [1.54, 1.807) is 19.2 Å². The maximum Gasteiger partial charge on any atom is 0.224 e. The molecule has 2 heterocycles.